The summed E-state index contributed by atoms with van der Waals surface area (Å²) in [5.74, 6) is 1.03. The van der Waals surface area contributed by atoms with Gasteiger partial charge in [0, 0.05) is 13.1 Å². The normalized spacial score (nSPS) is 11.5. The highest BCUT2D eigenvalue weighted by Crippen LogP contribution is 2.18. The number of amides is 1. The fraction of sp³-hybridized carbons (Fsp3) is 0.500. The van der Waals surface area contributed by atoms with Crippen LogP contribution in [0.4, 0.5) is 0 Å². The molecule has 0 aliphatic carbocycles. The molecule has 1 aromatic rings. The van der Waals surface area contributed by atoms with Gasteiger partial charge in [-0.1, -0.05) is 0 Å². The van der Waals surface area contributed by atoms with E-state index in [0.717, 1.165) is 12.3 Å². The molecular formula is C16H26N4O3S. The summed E-state index contributed by atoms with van der Waals surface area (Å²) < 4.78 is 10.9. The summed E-state index contributed by atoms with van der Waals surface area (Å²) in [6.45, 7) is 5.72. The van der Waals surface area contributed by atoms with Gasteiger partial charge < -0.3 is 19.7 Å². The Hall–Kier alpha value is -2.06. The van der Waals surface area contributed by atoms with E-state index in [0.29, 0.717) is 24.0 Å². The van der Waals surface area contributed by atoms with Crippen LogP contribution in [0.2, 0.25) is 0 Å². The highest BCUT2D eigenvalue weighted by Gasteiger charge is 2.14. The van der Waals surface area contributed by atoms with E-state index >= 15 is 0 Å². The lowest BCUT2D eigenvalue weighted by atomic mass is 10.3. The third-order valence-electron chi connectivity index (χ3n) is 2.96. The van der Waals surface area contributed by atoms with Crippen molar-refractivity contribution in [2.24, 2.45) is 0 Å². The standard InChI is InChI=1S/C16H26N4O3S/c1-5-22-13-6-8-14(9-7-13)23-12(2)15(21)18-19-16(24)17-10-11-20(3)4/h6-9,12H,5,10-11H2,1-4H3,(H,18,21)(H2,17,19,24)/t12-/m0/s1. The Balaban J connectivity index is 2.32. The van der Waals surface area contributed by atoms with Crippen LogP contribution in [0.1, 0.15) is 13.8 Å². The van der Waals surface area contributed by atoms with E-state index < -0.39 is 6.10 Å². The predicted octanol–water partition coefficient (Wildman–Crippen LogP) is 0.910. The summed E-state index contributed by atoms with van der Waals surface area (Å²) in [6.07, 6.45) is -0.667. The smallest absolute Gasteiger partial charge is 0.279 e. The monoisotopic (exact) mass is 354 g/mol. The summed E-state index contributed by atoms with van der Waals surface area (Å²) in [5.41, 5.74) is 5.17. The molecule has 1 aromatic carbocycles. The number of thiocarbonyl (C=S) groups is 1. The molecule has 0 radical (unpaired) electrons. The molecule has 8 heteroatoms. The Bertz CT molecular complexity index is 523. The third kappa shape index (κ3) is 7.98. The van der Waals surface area contributed by atoms with Crippen molar-refractivity contribution in [2.75, 3.05) is 33.8 Å². The fourth-order valence-corrected chi connectivity index (χ4v) is 1.85. The number of hydrazine groups is 1. The van der Waals surface area contributed by atoms with E-state index in [-0.39, 0.29) is 5.91 Å². The van der Waals surface area contributed by atoms with Crippen LogP contribution in [0, 0.1) is 0 Å². The van der Waals surface area contributed by atoms with E-state index in [2.05, 4.69) is 16.2 Å². The second-order valence-electron chi connectivity index (χ2n) is 5.34. The van der Waals surface area contributed by atoms with Crippen molar-refractivity contribution in [1.82, 2.24) is 21.1 Å². The van der Waals surface area contributed by atoms with Gasteiger partial charge >= 0.3 is 0 Å². The number of hydrogen-bond donors (Lipinski definition) is 3. The van der Waals surface area contributed by atoms with Crippen LogP contribution in [-0.4, -0.2) is 55.8 Å². The highest BCUT2D eigenvalue weighted by atomic mass is 32.1. The molecule has 0 saturated heterocycles. The Morgan fingerprint density at radius 2 is 1.83 bits per heavy atom. The quantitative estimate of drug-likeness (QED) is 0.473. The van der Waals surface area contributed by atoms with Crippen LogP contribution in [0.5, 0.6) is 11.5 Å². The number of ether oxygens (including phenoxy) is 2. The molecule has 0 bridgehead atoms. The minimum atomic E-state index is -0.667. The van der Waals surface area contributed by atoms with Gasteiger partial charge in [-0.3, -0.25) is 15.6 Å². The zero-order chi connectivity index (χ0) is 17.9. The van der Waals surface area contributed by atoms with Gasteiger partial charge in [-0.25, -0.2) is 0 Å². The fourth-order valence-electron chi connectivity index (χ4n) is 1.70. The maximum absolute atomic E-state index is 12.0. The largest absolute Gasteiger partial charge is 0.494 e. The first-order valence-electron chi connectivity index (χ1n) is 7.80. The molecule has 0 aromatic heterocycles. The molecule has 0 saturated carbocycles. The van der Waals surface area contributed by atoms with Gasteiger partial charge in [0.05, 0.1) is 6.61 Å². The van der Waals surface area contributed by atoms with Crippen LogP contribution in [0.25, 0.3) is 0 Å². The van der Waals surface area contributed by atoms with Gasteiger partial charge in [0.1, 0.15) is 11.5 Å². The Kier molecular flexibility index (Phi) is 8.88. The SMILES string of the molecule is CCOc1ccc(O[C@@H](C)C(=O)NNC(=S)NCCN(C)C)cc1. The van der Waals surface area contributed by atoms with Crippen LogP contribution < -0.4 is 25.6 Å². The molecule has 0 unspecified atom stereocenters. The van der Waals surface area contributed by atoms with Crippen molar-refractivity contribution >= 4 is 23.2 Å². The number of carbonyl (C=O) groups excluding carboxylic acids is 1. The van der Waals surface area contributed by atoms with E-state index in [4.69, 9.17) is 21.7 Å². The Morgan fingerprint density at radius 1 is 1.21 bits per heavy atom. The molecule has 0 heterocycles. The number of benzene rings is 1. The van der Waals surface area contributed by atoms with Crippen molar-refractivity contribution in [3.05, 3.63) is 24.3 Å². The van der Waals surface area contributed by atoms with Crippen LogP contribution in [0.15, 0.2) is 24.3 Å². The Labute approximate surface area is 148 Å². The van der Waals surface area contributed by atoms with Gasteiger partial charge in [-0.15, -0.1) is 0 Å². The number of carbonyl (C=O) groups is 1. The van der Waals surface area contributed by atoms with Crippen molar-refractivity contribution in [3.8, 4) is 11.5 Å². The molecule has 0 spiro atoms. The lowest BCUT2D eigenvalue weighted by Crippen LogP contribution is -2.51. The molecule has 1 atom stereocenters. The lowest BCUT2D eigenvalue weighted by molar-refractivity contribution is -0.127. The molecule has 1 rings (SSSR count). The maximum atomic E-state index is 12.0. The molecule has 1 amide bonds. The molecule has 24 heavy (non-hydrogen) atoms. The highest BCUT2D eigenvalue weighted by molar-refractivity contribution is 7.80. The number of rotatable bonds is 8. The molecule has 0 fully saturated rings. The minimum Gasteiger partial charge on any atom is -0.494 e. The summed E-state index contributed by atoms with van der Waals surface area (Å²) >= 11 is 5.07. The molecule has 3 N–H and O–H groups in total. The number of hydrogen-bond acceptors (Lipinski definition) is 5. The van der Waals surface area contributed by atoms with Crippen LogP contribution >= 0.6 is 12.2 Å². The number of nitrogens with one attached hydrogen (secondary N) is 3. The first-order chi connectivity index (χ1) is 11.4. The summed E-state index contributed by atoms with van der Waals surface area (Å²) in [5, 5.41) is 3.35. The average Bonchev–Trinajstić information content (AvgIpc) is 2.54. The van der Waals surface area contributed by atoms with E-state index in [1.807, 2.05) is 25.9 Å². The second-order valence-corrected chi connectivity index (χ2v) is 5.75. The predicted molar refractivity (Wildman–Crippen MR) is 98.1 cm³/mol. The molecular weight excluding hydrogens is 328 g/mol. The van der Waals surface area contributed by atoms with Crippen LogP contribution in [0.3, 0.4) is 0 Å². The zero-order valence-electron chi connectivity index (χ0n) is 14.6. The summed E-state index contributed by atoms with van der Waals surface area (Å²) in [7, 11) is 3.94. The molecule has 134 valence electrons. The van der Waals surface area contributed by atoms with Gasteiger partial charge in [0.15, 0.2) is 11.2 Å². The topological polar surface area (TPSA) is 74.9 Å². The third-order valence-corrected chi connectivity index (χ3v) is 3.21. The first kappa shape index (κ1) is 20.0. The lowest BCUT2D eigenvalue weighted by Gasteiger charge is -2.17. The van der Waals surface area contributed by atoms with Gasteiger partial charge in [-0.2, -0.15) is 0 Å². The van der Waals surface area contributed by atoms with E-state index in [1.165, 1.54) is 0 Å². The minimum absolute atomic E-state index is 0.319. The van der Waals surface area contributed by atoms with Gasteiger partial charge in [0.2, 0.25) is 0 Å². The Morgan fingerprint density at radius 3 is 2.42 bits per heavy atom. The zero-order valence-corrected chi connectivity index (χ0v) is 15.4. The van der Waals surface area contributed by atoms with Crippen molar-refractivity contribution < 1.29 is 14.3 Å². The summed E-state index contributed by atoms with van der Waals surface area (Å²) in [4.78, 5) is 14.0. The van der Waals surface area contributed by atoms with Crippen molar-refractivity contribution in [3.63, 3.8) is 0 Å². The average molecular weight is 354 g/mol. The van der Waals surface area contributed by atoms with Crippen molar-refractivity contribution in [2.45, 2.75) is 20.0 Å². The van der Waals surface area contributed by atoms with Crippen LogP contribution in [-0.2, 0) is 4.79 Å². The van der Waals surface area contributed by atoms with Gasteiger partial charge in [-0.05, 0) is 64.4 Å². The number of nitrogens with zero attached hydrogens (tertiary/aromatic N) is 1. The van der Waals surface area contributed by atoms with Crippen molar-refractivity contribution in [1.29, 1.82) is 0 Å². The first-order valence-corrected chi connectivity index (χ1v) is 8.21. The second kappa shape index (κ2) is 10.7. The van der Waals surface area contributed by atoms with E-state index in [1.54, 1.807) is 31.2 Å². The molecule has 0 aliphatic rings. The number of likely N-dealkylation sites (N-methyl/N-ethyl adjacent to an activating group) is 1. The van der Waals surface area contributed by atoms with Gasteiger partial charge in [0.25, 0.3) is 5.91 Å². The maximum Gasteiger partial charge on any atom is 0.279 e. The molecule has 7 nitrogen and oxygen atoms in total. The summed E-state index contributed by atoms with van der Waals surface area (Å²) in [6, 6.07) is 7.11. The molecule has 0 aliphatic heterocycles. The van der Waals surface area contributed by atoms with E-state index in [9.17, 15) is 4.79 Å².